The van der Waals surface area contributed by atoms with Crippen molar-refractivity contribution in [1.29, 1.82) is 0 Å². The van der Waals surface area contributed by atoms with Gasteiger partial charge in [0, 0.05) is 15.4 Å². The van der Waals surface area contributed by atoms with Gasteiger partial charge in [0.15, 0.2) is 0 Å². The first-order chi connectivity index (χ1) is 18.1. The Morgan fingerprint density at radius 1 is 0.595 bits per heavy atom. The Hall–Kier alpha value is -4.35. The Kier molecular flexibility index (Phi) is 5.78. The molecular weight excluding hydrogens is 480 g/mol. The first-order valence-corrected chi connectivity index (χ1v) is 12.7. The Morgan fingerprint density at radius 3 is 1.95 bits per heavy atom. The highest BCUT2D eigenvalue weighted by molar-refractivity contribution is 7.99. The minimum Gasteiger partial charge on any atom is -0.465 e. The smallest absolute Gasteiger partial charge is 0.339 e. The van der Waals surface area contributed by atoms with Gasteiger partial charge in [0.2, 0.25) is 0 Å². The summed E-state index contributed by atoms with van der Waals surface area (Å²) in [4.78, 5) is 28.7. The largest absolute Gasteiger partial charge is 0.465 e. The van der Waals surface area contributed by atoms with Gasteiger partial charge in [-0.15, -0.1) is 0 Å². The van der Waals surface area contributed by atoms with Crippen molar-refractivity contribution < 1.29 is 19.1 Å². The van der Waals surface area contributed by atoms with Gasteiger partial charge in [0.25, 0.3) is 0 Å². The third-order valence-corrected chi connectivity index (χ3v) is 7.87. The van der Waals surface area contributed by atoms with E-state index in [4.69, 9.17) is 9.47 Å². The molecule has 0 fully saturated rings. The second kappa shape index (κ2) is 9.26. The molecule has 0 aromatic heterocycles. The summed E-state index contributed by atoms with van der Waals surface area (Å²) in [7, 11) is 2.65. The van der Waals surface area contributed by atoms with Crippen molar-refractivity contribution >= 4 is 34.5 Å². The summed E-state index contributed by atoms with van der Waals surface area (Å²) in [5, 5.41) is 2.12. The van der Waals surface area contributed by atoms with Crippen LogP contribution in [0, 0.1) is 0 Å². The van der Waals surface area contributed by atoms with E-state index < -0.39 is 11.9 Å². The van der Waals surface area contributed by atoms with E-state index in [9.17, 15) is 9.59 Å². The SMILES string of the molecule is COC(=O)c1cc2c(c(-c3ccc4ccccc4c3)c1C(=O)OC)-c1ccccc1Sc1ccccc1-2. The van der Waals surface area contributed by atoms with Gasteiger partial charge in [0.1, 0.15) is 0 Å². The molecule has 0 atom stereocenters. The lowest BCUT2D eigenvalue weighted by molar-refractivity contribution is 0.0556. The average molecular weight is 503 g/mol. The van der Waals surface area contributed by atoms with Gasteiger partial charge >= 0.3 is 11.9 Å². The highest BCUT2D eigenvalue weighted by atomic mass is 32.2. The molecule has 5 aromatic rings. The monoisotopic (exact) mass is 502 g/mol. The van der Waals surface area contributed by atoms with Crippen LogP contribution in [0.2, 0.25) is 0 Å². The normalized spacial score (nSPS) is 11.6. The van der Waals surface area contributed by atoms with Gasteiger partial charge in [-0.25, -0.2) is 9.59 Å². The molecule has 0 spiro atoms. The van der Waals surface area contributed by atoms with Crippen molar-refractivity contribution in [3.63, 3.8) is 0 Å². The molecule has 4 nitrogen and oxygen atoms in total. The van der Waals surface area contributed by atoms with Gasteiger partial charge in [-0.05, 0) is 62.9 Å². The lowest BCUT2D eigenvalue weighted by atomic mass is 9.82. The minimum atomic E-state index is -0.590. The molecular formula is C32H22O4S. The number of benzene rings is 5. The third-order valence-electron chi connectivity index (χ3n) is 6.71. The van der Waals surface area contributed by atoms with Crippen LogP contribution < -0.4 is 0 Å². The maximum atomic E-state index is 13.4. The molecule has 5 aromatic carbocycles. The van der Waals surface area contributed by atoms with E-state index in [1.165, 1.54) is 14.2 Å². The van der Waals surface area contributed by atoms with Crippen molar-refractivity contribution in [2.75, 3.05) is 14.2 Å². The maximum absolute atomic E-state index is 13.4. The van der Waals surface area contributed by atoms with Gasteiger partial charge < -0.3 is 9.47 Å². The number of hydrogen-bond donors (Lipinski definition) is 0. The molecule has 1 heterocycles. The number of ether oxygens (including phenoxy) is 2. The number of methoxy groups -OCH3 is 2. The lowest BCUT2D eigenvalue weighted by Gasteiger charge is -2.21. The molecule has 1 aliphatic rings. The Labute approximate surface area is 218 Å². The third kappa shape index (κ3) is 3.79. The van der Waals surface area contributed by atoms with Crippen LogP contribution in [0.15, 0.2) is 107 Å². The molecule has 180 valence electrons. The van der Waals surface area contributed by atoms with Gasteiger partial charge in [-0.2, -0.15) is 0 Å². The minimum absolute atomic E-state index is 0.176. The molecule has 0 saturated heterocycles. The molecule has 0 bridgehead atoms. The summed E-state index contributed by atoms with van der Waals surface area (Å²) < 4.78 is 10.4. The van der Waals surface area contributed by atoms with Crippen LogP contribution >= 0.6 is 11.8 Å². The zero-order chi connectivity index (χ0) is 25.5. The van der Waals surface area contributed by atoms with E-state index in [1.807, 2.05) is 60.7 Å². The van der Waals surface area contributed by atoms with Crippen molar-refractivity contribution in [1.82, 2.24) is 0 Å². The summed E-state index contributed by atoms with van der Waals surface area (Å²) in [6.45, 7) is 0. The standard InChI is InChI=1S/C32H22O4S/c1-35-31(33)25-18-24-22-11-5-7-13-26(22)37-27-14-8-6-12-23(27)29(24)28(30(25)32(34)36-2)21-16-15-19-9-3-4-10-20(19)17-21/h3-18H,1-2H3. The van der Waals surface area contributed by atoms with E-state index in [0.717, 1.165) is 48.4 Å². The van der Waals surface area contributed by atoms with Crippen LogP contribution in [0.3, 0.4) is 0 Å². The Morgan fingerprint density at radius 2 is 1.22 bits per heavy atom. The van der Waals surface area contributed by atoms with Crippen LogP contribution in [-0.2, 0) is 9.47 Å². The molecule has 37 heavy (non-hydrogen) atoms. The fraction of sp³-hybridized carbons (Fsp3) is 0.0625. The molecule has 0 aliphatic carbocycles. The van der Waals surface area contributed by atoms with Crippen molar-refractivity contribution in [2.24, 2.45) is 0 Å². The van der Waals surface area contributed by atoms with Crippen LogP contribution in [0.4, 0.5) is 0 Å². The van der Waals surface area contributed by atoms with E-state index in [0.29, 0.717) is 5.56 Å². The number of rotatable bonds is 3. The summed E-state index contributed by atoms with van der Waals surface area (Å²) in [6, 6.07) is 32.2. The van der Waals surface area contributed by atoms with E-state index in [1.54, 1.807) is 17.8 Å². The summed E-state index contributed by atoms with van der Waals surface area (Å²) in [5.41, 5.74) is 5.57. The van der Waals surface area contributed by atoms with Gasteiger partial charge in [-0.1, -0.05) is 84.6 Å². The first-order valence-electron chi connectivity index (χ1n) is 11.8. The highest BCUT2D eigenvalue weighted by Crippen LogP contribution is 2.52. The van der Waals surface area contributed by atoms with E-state index in [-0.39, 0.29) is 11.1 Å². The summed E-state index contributed by atoms with van der Waals surface area (Å²) in [6.07, 6.45) is 0. The number of hydrogen-bond acceptors (Lipinski definition) is 5. The number of esters is 2. The molecule has 0 unspecified atom stereocenters. The molecule has 5 heteroatoms. The predicted octanol–water partition coefficient (Wildman–Crippen LogP) is 7.88. The number of fused-ring (bicyclic) bond motifs is 6. The molecule has 0 N–H and O–H groups in total. The van der Waals surface area contributed by atoms with Crippen LogP contribution in [0.1, 0.15) is 20.7 Å². The van der Waals surface area contributed by atoms with Crippen LogP contribution in [0.5, 0.6) is 0 Å². The van der Waals surface area contributed by atoms with Gasteiger partial charge in [-0.3, -0.25) is 0 Å². The molecule has 6 rings (SSSR count). The summed E-state index contributed by atoms with van der Waals surface area (Å²) >= 11 is 1.67. The number of carbonyl (C=O) groups is 2. The first kappa shape index (κ1) is 23.1. The zero-order valence-corrected chi connectivity index (χ0v) is 21.1. The summed E-state index contributed by atoms with van der Waals surface area (Å²) in [5.74, 6) is -1.18. The average Bonchev–Trinajstić information content (AvgIpc) is 3.09. The Bertz CT molecular complexity index is 1720. The van der Waals surface area contributed by atoms with Crippen LogP contribution in [0.25, 0.3) is 44.2 Å². The fourth-order valence-corrected chi connectivity index (χ4v) is 6.15. The van der Waals surface area contributed by atoms with E-state index >= 15 is 0 Å². The second-order valence-corrected chi connectivity index (χ2v) is 9.82. The molecule has 0 saturated carbocycles. The zero-order valence-electron chi connectivity index (χ0n) is 20.3. The highest BCUT2D eigenvalue weighted by Gasteiger charge is 2.32. The Balaban J connectivity index is 1.84. The number of carbonyl (C=O) groups excluding carboxylic acids is 2. The predicted molar refractivity (Wildman–Crippen MR) is 147 cm³/mol. The topological polar surface area (TPSA) is 52.6 Å². The van der Waals surface area contributed by atoms with Crippen molar-refractivity contribution in [3.05, 3.63) is 108 Å². The lowest BCUT2D eigenvalue weighted by Crippen LogP contribution is -2.15. The quantitative estimate of drug-likeness (QED) is 0.230. The van der Waals surface area contributed by atoms with Gasteiger partial charge in [0.05, 0.1) is 25.3 Å². The second-order valence-electron chi connectivity index (χ2n) is 8.74. The molecule has 1 aliphatic heterocycles. The maximum Gasteiger partial charge on any atom is 0.339 e. The molecule has 0 amide bonds. The van der Waals surface area contributed by atoms with E-state index in [2.05, 4.69) is 30.3 Å². The van der Waals surface area contributed by atoms with Crippen molar-refractivity contribution in [3.8, 4) is 33.4 Å². The fourth-order valence-electron chi connectivity index (χ4n) is 5.05. The van der Waals surface area contributed by atoms with Crippen LogP contribution in [-0.4, -0.2) is 26.2 Å². The van der Waals surface area contributed by atoms with Crippen molar-refractivity contribution in [2.45, 2.75) is 9.79 Å². The molecule has 0 radical (unpaired) electrons.